The fraction of sp³-hybridized carbons (Fsp3) is 0.235. The van der Waals surface area contributed by atoms with E-state index in [1.165, 1.54) is 11.1 Å². The van der Waals surface area contributed by atoms with E-state index < -0.39 is 5.97 Å². The van der Waals surface area contributed by atoms with Crippen LogP contribution < -0.4 is 0 Å². The molecule has 106 valence electrons. The van der Waals surface area contributed by atoms with Crippen LogP contribution in [0.25, 0.3) is 0 Å². The lowest BCUT2D eigenvalue weighted by molar-refractivity contribution is -0.137. The average Bonchev–Trinajstić information content (AvgIpc) is 2.45. The lowest BCUT2D eigenvalue weighted by atomic mass is 9.87. The Kier molecular flexibility index (Phi) is 6.82. The van der Waals surface area contributed by atoms with Gasteiger partial charge in [0.2, 0.25) is 0 Å². The molecule has 3 heteroatoms. The Balaban J connectivity index is 0.00000200. The lowest BCUT2D eigenvalue weighted by Crippen LogP contribution is -2.03. The predicted molar refractivity (Wildman–Crippen MR) is 83.5 cm³/mol. The quantitative estimate of drug-likeness (QED) is 0.851. The van der Waals surface area contributed by atoms with Crippen molar-refractivity contribution < 1.29 is 9.90 Å². The lowest BCUT2D eigenvalue weighted by Gasteiger charge is -2.17. The van der Waals surface area contributed by atoms with Gasteiger partial charge in [-0.3, -0.25) is 4.79 Å². The minimum absolute atomic E-state index is 0. The predicted octanol–water partition coefficient (Wildman–Crippen LogP) is 4.50. The second kappa shape index (κ2) is 8.39. The summed E-state index contributed by atoms with van der Waals surface area (Å²) in [6.45, 7) is 0. The molecule has 0 radical (unpaired) electrons. The number of hydrogen-bond acceptors (Lipinski definition) is 1. The van der Waals surface area contributed by atoms with Crippen molar-refractivity contribution in [2.45, 2.75) is 25.2 Å². The van der Waals surface area contributed by atoms with Gasteiger partial charge in [-0.15, -0.1) is 12.4 Å². The van der Waals surface area contributed by atoms with E-state index in [9.17, 15) is 4.79 Å². The molecule has 0 unspecified atom stereocenters. The van der Waals surface area contributed by atoms with Crippen molar-refractivity contribution in [2.75, 3.05) is 0 Å². The van der Waals surface area contributed by atoms with E-state index in [2.05, 4.69) is 24.3 Å². The molecule has 2 aromatic carbocycles. The molecule has 0 fully saturated rings. The van der Waals surface area contributed by atoms with Crippen molar-refractivity contribution in [3.63, 3.8) is 0 Å². The highest BCUT2D eigenvalue weighted by atomic mass is 35.5. The fourth-order valence-electron chi connectivity index (χ4n) is 2.35. The summed E-state index contributed by atoms with van der Waals surface area (Å²) < 4.78 is 0. The highest BCUT2D eigenvalue weighted by molar-refractivity contribution is 5.85. The van der Waals surface area contributed by atoms with E-state index in [1.807, 2.05) is 36.4 Å². The van der Waals surface area contributed by atoms with Gasteiger partial charge in [0, 0.05) is 12.3 Å². The number of aliphatic carboxylic acids is 1. The van der Waals surface area contributed by atoms with E-state index in [0.29, 0.717) is 6.42 Å². The van der Waals surface area contributed by atoms with Gasteiger partial charge < -0.3 is 5.11 Å². The van der Waals surface area contributed by atoms with Crippen molar-refractivity contribution >= 4 is 18.4 Å². The maximum absolute atomic E-state index is 10.7. The minimum Gasteiger partial charge on any atom is -0.481 e. The molecular formula is C17H19ClO2. The van der Waals surface area contributed by atoms with Crippen LogP contribution in [-0.4, -0.2) is 11.1 Å². The molecule has 0 aromatic heterocycles. The summed E-state index contributed by atoms with van der Waals surface area (Å²) in [7, 11) is 0. The van der Waals surface area contributed by atoms with Gasteiger partial charge in [-0.25, -0.2) is 0 Å². The highest BCUT2D eigenvalue weighted by Crippen LogP contribution is 2.29. The van der Waals surface area contributed by atoms with Crippen molar-refractivity contribution in [3.05, 3.63) is 71.8 Å². The number of carboxylic acids is 1. The molecule has 0 bridgehead atoms. The first-order valence-corrected chi connectivity index (χ1v) is 6.59. The Morgan fingerprint density at radius 2 is 1.35 bits per heavy atom. The van der Waals surface area contributed by atoms with E-state index in [0.717, 1.165) is 6.42 Å². The smallest absolute Gasteiger partial charge is 0.303 e. The molecule has 0 atom stereocenters. The largest absolute Gasteiger partial charge is 0.481 e. The summed E-state index contributed by atoms with van der Waals surface area (Å²) in [6.07, 6.45) is 1.79. The molecule has 2 rings (SSSR count). The third kappa shape index (κ3) is 4.71. The van der Waals surface area contributed by atoms with Crippen molar-refractivity contribution in [1.29, 1.82) is 0 Å². The summed E-state index contributed by atoms with van der Waals surface area (Å²) in [5.41, 5.74) is 2.50. The number of rotatable bonds is 6. The summed E-state index contributed by atoms with van der Waals surface area (Å²) in [4.78, 5) is 10.7. The zero-order chi connectivity index (χ0) is 13.5. The van der Waals surface area contributed by atoms with Gasteiger partial charge in [-0.1, -0.05) is 60.7 Å². The van der Waals surface area contributed by atoms with Crippen LogP contribution in [0.1, 0.15) is 36.3 Å². The standard InChI is InChI=1S/C17H18O2.ClH/c18-17(19)13-7-12-16(14-8-3-1-4-9-14)15-10-5-2-6-11-15;/h1-6,8-11,16H,7,12-13H2,(H,18,19);1H. The number of hydrogen-bond donors (Lipinski definition) is 1. The Morgan fingerprint density at radius 3 is 1.75 bits per heavy atom. The fourth-order valence-corrected chi connectivity index (χ4v) is 2.35. The molecule has 1 N–H and O–H groups in total. The van der Waals surface area contributed by atoms with Gasteiger partial charge in [-0.05, 0) is 24.0 Å². The summed E-state index contributed by atoms with van der Waals surface area (Å²) >= 11 is 0. The molecule has 20 heavy (non-hydrogen) atoms. The monoisotopic (exact) mass is 290 g/mol. The average molecular weight is 291 g/mol. The van der Waals surface area contributed by atoms with Gasteiger partial charge in [0.15, 0.2) is 0 Å². The van der Waals surface area contributed by atoms with Crippen LogP contribution in [-0.2, 0) is 4.79 Å². The van der Waals surface area contributed by atoms with Gasteiger partial charge in [0.05, 0.1) is 0 Å². The zero-order valence-corrected chi connectivity index (χ0v) is 12.1. The van der Waals surface area contributed by atoms with Gasteiger partial charge >= 0.3 is 5.97 Å². The van der Waals surface area contributed by atoms with E-state index in [-0.39, 0.29) is 24.7 Å². The van der Waals surface area contributed by atoms with Crippen molar-refractivity contribution in [3.8, 4) is 0 Å². The third-order valence-electron chi connectivity index (χ3n) is 3.29. The summed E-state index contributed by atoms with van der Waals surface area (Å²) in [5, 5.41) is 8.77. The first-order chi connectivity index (χ1) is 9.27. The first-order valence-electron chi connectivity index (χ1n) is 6.59. The van der Waals surface area contributed by atoms with Crippen molar-refractivity contribution in [1.82, 2.24) is 0 Å². The topological polar surface area (TPSA) is 37.3 Å². The normalized spacial score (nSPS) is 10.1. The molecule has 0 saturated carbocycles. The minimum atomic E-state index is -0.722. The van der Waals surface area contributed by atoms with E-state index in [1.54, 1.807) is 0 Å². The molecule has 0 heterocycles. The van der Waals surface area contributed by atoms with Crippen LogP contribution in [0.3, 0.4) is 0 Å². The van der Waals surface area contributed by atoms with Gasteiger partial charge in [0.1, 0.15) is 0 Å². The van der Waals surface area contributed by atoms with Crippen LogP contribution in [0.5, 0.6) is 0 Å². The van der Waals surface area contributed by atoms with Crippen LogP contribution >= 0.6 is 12.4 Å². The van der Waals surface area contributed by atoms with E-state index >= 15 is 0 Å². The van der Waals surface area contributed by atoms with Gasteiger partial charge in [-0.2, -0.15) is 0 Å². The maximum Gasteiger partial charge on any atom is 0.303 e. The molecule has 0 aliphatic rings. The maximum atomic E-state index is 10.7. The van der Waals surface area contributed by atoms with Crippen LogP contribution in [0, 0.1) is 0 Å². The Morgan fingerprint density at radius 1 is 0.900 bits per heavy atom. The molecule has 0 saturated heterocycles. The molecule has 0 amide bonds. The highest BCUT2D eigenvalue weighted by Gasteiger charge is 2.13. The molecule has 0 aliphatic heterocycles. The Labute approximate surface area is 125 Å². The third-order valence-corrected chi connectivity index (χ3v) is 3.29. The zero-order valence-electron chi connectivity index (χ0n) is 11.2. The SMILES string of the molecule is Cl.O=C(O)CCCC(c1ccccc1)c1ccccc1. The van der Waals surface area contributed by atoms with Crippen LogP contribution in [0.15, 0.2) is 60.7 Å². The number of carbonyl (C=O) groups is 1. The summed E-state index contributed by atoms with van der Waals surface area (Å²) in [5.74, 6) is -0.443. The first kappa shape index (κ1) is 16.3. The Hall–Kier alpha value is -1.80. The number of carboxylic acid groups (broad SMARTS) is 1. The second-order valence-electron chi connectivity index (χ2n) is 4.66. The molecule has 2 nitrogen and oxygen atoms in total. The van der Waals surface area contributed by atoms with Crippen molar-refractivity contribution in [2.24, 2.45) is 0 Å². The van der Waals surface area contributed by atoms with Crippen LogP contribution in [0.2, 0.25) is 0 Å². The number of benzene rings is 2. The molecule has 2 aromatic rings. The molecule has 0 spiro atoms. The van der Waals surface area contributed by atoms with Crippen LogP contribution in [0.4, 0.5) is 0 Å². The molecule has 0 aliphatic carbocycles. The second-order valence-corrected chi connectivity index (χ2v) is 4.66. The number of halogens is 1. The Bertz CT molecular complexity index is 472. The van der Waals surface area contributed by atoms with Gasteiger partial charge in [0.25, 0.3) is 0 Å². The molecular weight excluding hydrogens is 272 g/mol. The van der Waals surface area contributed by atoms with E-state index in [4.69, 9.17) is 5.11 Å². The summed E-state index contributed by atoms with van der Waals surface area (Å²) in [6, 6.07) is 20.6.